The number of nitrogens with one attached hydrogen (secondary N) is 1. The van der Waals surface area contributed by atoms with E-state index in [-0.39, 0.29) is 16.3 Å². The van der Waals surface area contributed by atoms with E-state index in [1.807, 2.05) is 0 Å². The highest BCUT2D eigenvalue weighted by atomic mass is 35.5. The lowest BCUT2D eigenvalue weighted by Gasteiger charge is -2.26. The summed E-state index contributed by atoms with van der Waals surface area (Å²) in [4.78, 5) is 17.5. The maximum atomic E-state index is 11.9. The number of rotatable bonds is 1. The second kappa shape index (κ2) is 5.56. The molecule has 1 N–H and O–H groups in total. The second-order valence-corrected chi connectivity index (χ2v) is 4.75. The van der Waals surface area contributed by atoms with Crippen LogP contribution >= 0.6 is 23.2 Å². The molecule has 0 bridgehead atoms. The minimum Gasteiger partial charge on any atom is -0.325 e. The topological polar surface area (TPSA) is 45.2 Å². The molecule has 1 saturated heterocycles. The molecule has 0 spiro atoms. The molecule has 4 nitrogen and oxygen atoms in total. The minimum absolute atomic E-state index is 0.108. The highest BCUT2D eigenvalue weighted by molar-refractivity contribution is 6.32. The fourth-order valence-electron chi connectivity index (χ4n) is 1.84. The number of amides is 2. The average Bonchev–Trinajstić information content (AvgIpc) is 2.28. The molecule has 1 fully saturated rings. The van der Waals surface area contributed by atoms with Gasteiger partial charge in [0, 0.05) is 18.8 Å². The first-order chi connectivity index (χ1) is 8.15. The maximum absolute atomic E-state index is 11.9. The molecule has 0 saturated carbocycles. The Hall–Kier alpha value is -1.00. The van der Waals surface area contributed by atoms with Gasteiger partial charge >= 0.3 is 6.03 Å². The van der Waals surface area contributed by atoms with Gasteiger partial charge in [0.25, 0.3) is 0 Å². The minimum atomic E-state index is -0.108. The molecule has 2 amide bonds. The largest absolute Gasteiger partial charge is 0.325 e. The van der Waals surface area contributed by atoms with Gasteiger partial charge in [-0.1, -0.05) is 23.2 Å². The third kappa shape index (κ3) is 3.48. The normalized spacial score (nSPS) is 15.8. The van der Waals surface area contributed by atoms with Gasteiger partial charge in [-0.15, -0.1) is 0 Å². The van der Waals surface area contributed by atoms with E-state index in [0.29, 0.717) is 5.69 Å². The predicted molar refractivity (Wildman–Crippen MR) is 68.7 cm³/mol. The quantitative estimate of drug-likeness (QED) is 0.797. The van der Waals surface area contributed by atoms with Crippen LogP contribution in [0.25, 0.3) is 0 Å². The first-order valence-corrected chi connectivity index (χ1v) is 6.30. The van der Waals surface area contributed by atoms with Crippen LogP contribution in [0.15, 0.2) is 12.1 Å². The molecule has 92 valence electrons. The van der Waals surface area contributed by atoms with Crippen molar-refractivity contribution in [3.05, 3.63) is 22.4 Å². The summed E-state index contributed by atoms with van der Waals surface area (Å²) in [7, 11) is 0. The summed E-state index contributed by atoms with van der Waals surface area (Å²) in [5.74, 6) is 0. The second-order valence-electron chi connectivity index (χ2n) is 3.98. The molecule has 1 aliphatic rings. The number of urea groups is 1. The molecule has 2 heterocycles. The number of anilines is 1. The zero-order valence-corrected chi connectivity index (χ0v) is 10.8. The molecule has 0 aliphatic carbocycles. The van der Waals surface area contributed by atoms with Gasteiger partial charge in [0.05, 0.1) is 0 Å². The van der Waals surface area contributed by atoms with Crippen molar-refractivity contribution in [3.8, 4) is 0 Å². The molecule has 2 rings (SSSR count). The summed E-state index contributed by atoms with van der Waals surface area (Å²) in [5, 5.41) is 3.31. The van der Waals surface area contributed by atoms with Gasteiger partial charge < -0.3 is 10.2 Å². The van der Waals surface area contributed by atoms with Crippen LogP contribution in [0.2, 0.25) is 10.3 Å². The Bertz CT molecular complexity index is 399. The Kier molecular flexibility index (Phi) is 4.07. The Morgan fingerprint density at radius 3 is 2.35 bits per heavy atom. The number of nitrogens with zero attached hydrogens (tertiary/aromatic N) is 2. The SMILES string of the molecule is O=C(Nc1cc(Cl)nc(Cl)c1)N1CCCCC1. The van der Waals surface area contributed by atoms with Gasteiger partial charge in [0.15, 0.2) is 0 Å². The molecule has 1 aliphatic heterocycles. The lowest BCUT2D eigenvalue weighted by Crippen LogP contribution is -2.38. The van der Waals surface area contributed by atoms with E-state index in [9.17, 15) is 4.79 Å². The fourth-order valence-corrected chi connectivity index (χ4v) is 2.30. The average molecular weight is 274 g/mol. The van der Waals surface area contributed by atoms with Crippen molar-refractivity contribution in [2.75, 3.05) is 18.4 Å². The molecule has 0 unspecified atom stereocenters. The van der Waals surface area contributed by atoms with E-state index >= 15 is 0 Å². The van der Waals surface area contributed by atoms with Crippen molar-refractivity contribution in [2.45, 2.75) is 19.3 Å². The van der Waals surface area contributed by atoms with Crippen LogP contribution in [0.1, 0.15) is 19.3 Å². The van der Waals surface area contributed by atoms with Crippen LogP contribution in [0.5, 0.6) is 0 Å². The Morgan fingerprint density at radius 2 is 1.76 bits per heavy atom. The smallest absolute Gasteiger partial charge is 0.321 e. The number of piperidine rings is 1. The van der Waals surface area contributed by atoms with Crippen LogP contribution in [0.3, 0.4) is 0 Å². The van der Waals surface area contributed by atoms with Crippen molar-refractivity contribution in [3.63, 3.8) is 0 Å². The third-order valence-corrected chi connectivity index (χ3v) is 3.04. The number of hydrogen-bond donors (Lipinski definition) is 1. The number of pyridine rings is 1. The highest BCUT2D eigenvalue weighted by Crippen LogP contribution is 2.19. The van der Waals surface area contributed by atoms with Crippen LogP contribution in [-0.4, -0.2) is 29.0 Å². The Morgan fingerprint density at radius 1 is 1.18 bits per heavy atom. The first-order valence-electron chi connectivity index (χ1n) is 5.54. The summed E-state index contributed by atoms with van der Waals surface area (Å²) < 4.78 is 0. The monoisotopic (exact) mass is 273 g/mol. The van der Waals surface area contributed by atoms with E-state index in [0.717, 1.165) is 25.9 Å². The summed E-state index contributed by atoms with van der Waals surface area (Å²) in [6.45, 7) is 1.61. The van der Waals surface area contributed by atoms with E-state index in [1.165, 1.54) is 6.42 Å². The van der Waals surface area contributed by atoms with E-state index < -0.39 is 0 Å². The zero-order valence-electron chi connectivity index (χ0n) is 9.25. The summed E-state index contributed by atoms with van der Waals surface area (Å²) in [5.41, 5.74) is 0.575. The number of carbonyl (C=O) groups is 1. The van der Waals surface area contributed by atoms with Crippen LogP contribution in [-0.2, 0) is 0 Å². The molecule has 1 aromatic rings. The Balaban J connectivity index is 2.01. The number of aromatic nitrogens is 1. The molecule has 1 aromatic heterocycles. The molecule has 0 aromatic carbocycles. The van der Waals surface area contributed by atoms with Gasteiger partial charge in [-0.2, -0.15) is 0 Å². The first kappa shape index (κ1) is 12.5. The van der Waals surface area contributed by atoms with Crippen LogP contribution in [0, 0.1) is 0 Å². The molecule has 0 radical (unpaired) electrons. The van der Waals surface area contributed by atoms with Crippen LogP contribution in [0.4, 0.5) is 10.5 Å². The molecular formula is C11H13Cl2N3O. The highest BCUT2D eigenvalue weighted by Gasteiger charge is 2.16. The number of halogens is 2. The molecule has 17 heavy (non-hydrogen) atoms. The van der Waals surface area contributed by atoms with Gasteiger partial charge in [0.1, 0.15) is 10.3 Å². The number of likely N-dealkylation sites (tertiary alicyclic amines) is 1. The van der Waals surface area contributed by atoms with Crippen molar-refractivity contribution in [1.82, 2.24) is 9.88 Å². The summed E-state index contributed by atoms with van der Waals surface area (Å²) in [6, 6.07) is 3.05. The predicted octanol–water partition coefficient (Wildman–Crippen LogP) is 3.41. The molecular weight excluding hydrogens is 261 g/mol. The van der Waals surface area contributed by atoms with Crippen LogP contribution < -0.4 is 5.32 Å². The van der Waals surface area contributed by atoms with Crippen molar-refractivity contribution in [1.29, 1.82) is 0 Å². The van der Waals surface area contributed by atoms with E-state index in [4.69, 9.17) is 23.2 Å². The summed E-state index contributed by atoms with van der Waals surface area (Å²) in [6.07, 6.45) is 3.31. The molecule has 6 heteroatoms. The van der Waals surface area contributed by atoms with Gasteiger partial charge in [0.2, 0.25) is 0 Å². The van der Waals surface area contributed by atoms with Gasteiger partial charge in [-0.05, 0) is 31.4 Å². The van der Waals surface area contributed by atoms with Crippen molar-refractivity contribution in [2.24, 2.45) is 0 Å². The zero-order chi connectivity index (χ0) is 12.3. The van der Waals surface area contributed by atoms with E-state index in [1.54, 1.807) is 17.0 Å². The lowest BCUT2D eigenvalue weighted by molar-refractivity contribution is 0.200. The number of hydrogen-bond acceptors (Lipinski definition) is 2. The summed E-state index contributed by atoms with van der Waals surface area (Å²) >= 11 is 11.5. The lowest BCUT2D eigenvalue weighted by atomic mass is 10.1. The fraction of sp³-hybridized carbons (Fsp3) is 0.455. The third-order valence-electron chi connectivity index (χ3n) is 2.66. The number of carbonyl (C=O) groups excluding carboxylic acids is 1. The van der Waals surface area contributed by atoms with E-state index in [2.05, 4.69) is 10.3 Å². The Labute approximate surface area is 110 Å². The van der Waals surface area contributed by atoms with Gasteiger partial charge in [-0.3, -0.25) is 0 Å². The van der Waals surface area contributed by atoms with Crippen molar-refractivity contribution < 1.29 is 4.79 Å². The van der Waals surface area contributed by atoms with Gasteiger partial charge in [-0.25, -0.2) is 9.78 Å². The maximum Gasteiger partial charge on any atom is 0.321 e. The van der Waals surface area contributed by atoms with Crippen molar-refractivity contribution >= 4 is 34.9 Å². The molecule has 0 atom stereocenters. The standard InChI is InChI=1S/C11H13Cl2N3O/c12-9-6-8(7-10(13)15-9)14-11(17)16-4-2-1-3-5-16/h6-7H,1-5H2,(H,14,15,17).